The van der Waals surface area contributed by atoms with Crippen molar-refractivity contribution in [3.63, 3.8) is 0 Å². The molecule has 0 aliphatic rings. The Morgan fingerprint density at radius 1 is 1.23 bits per heavy atom. The molecule has 2 nitrogen and oxygen atoms in total. The molecule has 0 aromatic heterocycles. The fraction of sp³-hybridized carbons (Fsp3) is 0.300. The molecule has 0 aliphatic carbocycles. The molecule has 3 heteroatoms. The second kappa shape index (κ2) is 5.24. The number of carboxylic acids is 1. The van der Waals surface area contributed by atoms with Crippen LogP contribution in [0.3, 0.4) is 0 Å². The summed E-state index contributed by atoms with van der Waals surface area (Å²) in [7, 11) is 0. The van der Waals surface area contributed by atoms with Crippen LogP contribution in [0.2, 0.25) is 0 Å². The van der Waals surface area contributed by atoms with Crippen molar-refractivity contribution in [3.8, 4) is 0 Å². The van der Waals surface area contributed by atoms with Gasteiger partial charge in [0.25, 0.3) is 0 Å². The summed E-state index contributed by atoms with van der Waals surface area (Å²) < 4.78 is 0. The lowest BCUT2D eigenvalue weighted by Crippen LogP contribution is -1.96. The Morgan fingerprint density at radius 3 is 2.00 bits per heavy atom. The van der Waals surface area contributed by atoms with E-state index in [-0.39, 0.29) is 23.1 Å². The van der Waals surface area contributed by atoms with E-state index in [2.05, 4.69) is 13.8 Å². The highest BCUT2D eigenvalue weighted by Crippen LogP contribution is 2.14. The Bertz CT molecular complexity index is 277. The van der Waals surface area contributed by atoms with Crippen molar-refractivity contribution >= 4 is 29.0 Å². The van der Waals surface area contributed by atoms with Crippen LogP contribution in [0.5, 0.6) is 0 Å². The zero-order chi connectivity index (χ0) is 9.14. The van der Waals surface area contributed by atoms with Gasteiger partial charge in [0.1, 0.15) is 0 Å². The van der Waals surface area contributed by atoms with Crippen molar-refractivity contribution in [2.24, 2.45) is 0 Å². The molecular formula is C10H12MgO2. The van der Waals surface area contributed by atoms with Crippen LogP contribution in [0.25, 0.3) is 0 Å². The number of carbonyl (C=O) groups is 1. The van der Waals surface area contributed by atoms with Gasteiger partial charge in [-0.3, -0.25) is 0 Å². The second-order valence-electron chi connectivity index (χ2n) is 3.08. The van der Waals surface area contributed by atoms with Gasteiger partial charge >= 0.3 is 5.97 Å². The topological polar surface area (TPSA) is 37.3 Å². The summed E-state index contributed by atoms with van der Waals surface area (Å²) in [6.45, 7) is 4.16. The van der Waals surface area contributed by atoms with Crippen LogP contribution in [0.15, 0.2) is 24.3 Å². The lowest BCUT2D eigenvalue weighted by Gasteiger charge is -2.04. The third kappa shape index (κ3) is 3.36. The zero-order valence-electron chi connectivity index (χ0n) is 7.95. The van der Waals surface area contributed by atoms with Crippen molar-refractivity contribution in [3.05, 3.63) is 35.4 Å². The number of carboxylic acid groups (broad SMARTS) is 1. The quantitative estimate of drug-likeness (QED) is 0.722. The maximum absolute atomic E-state index is 10.5. The van der Waals surface area contributed by atoms with Gasteiger partial charge in [0.15, 0.2) is 0 Å². The summed E-state index contributed by atoms with van der Waals surface area (Å²) in [6, 6.07) is 6.98. The minimum absolute atomic E-state index is 0. The van der Waals surface area contributed by atoms with E-state index in [1.807, 2.05) is 12.1 Å². The molecule has 0 saturated heterocycles. The highest BCUT2D eigenvalue weighted by Gasteiger charge is 2.02. The summed E-state index contributed by atoms with van der Waals surface area (Å²) in [5, 5.41) is 8.61. The SMILES string of the molecule is CC(C)c1ccc(C(=O)O)cc1.[Mg]. The maximum atomic E-state index is 10.5. The Kier molecular flexibility index (Phi) is 5.02. The van der Waals surface area contributed by atoms with E-state index in [1.54, 1.807) is 12.1 Å². The van der Waals surface area contributed by atoms with E-state index in [1.165, 1.54) is 5.56 Å². The molecule has 0 saturated carbocycles. The third-order valence-corrected chi connectivity index (χ3v) is 1.82. The van der Waals surface area contributed by atoms with Gasteiger partial charge in [-0.05, 0) is 23.6 Å². The van der Waals surface area contributed by atoms with Crippen molar-refractivity contribution in [2.45, 2.75) is 19.8 Å². The molecule has 1 aromatic rings. The Labute approximate surface area is 94.1 Å². The van der Waals surface area contributed by atoms with Gasteiger partial charge in [0.2, 0.25) is 0 Å². The maximum Gasteiger partial charge on any atom is 0.335 e. The molecule has 0 bridgehead atoms. The lowest BCUT2D eigenvalue weighted by atomic mass is 10.0. The largest absolute Gasteiger partial charge is 0.478 e. The van der Waals surface area contributed by atoms with Gasteiger partial charge in [-0.1, -0.05) is 26.0 Å². The van der Waals surface area contributed by atoms with Crippen LogP contribution in [0, 0.1) is 0 Å². The highest BCUT2D eigenvalue weighted by atomic mass is 24.3. The number of hydrogen-bond donors (Lipinski definition) is 1. The van der Waals surface area contributed by atoms with Crippen molar-refractivity contribution in [1.29, 1.82) is 0 Å². The molecule has 1 rings (SSSR count). The lowest BCUT2D eigenvalue weighted by molar-refractivity contribution is 0.0697. The molecule has 13 heavy (non-hydrogen) atoms. The predicted octanol–water partition coefficient (Wildman–Crippen LogP) is 2.13. The number of hydrogen-bond acceptors (Lipinski definition) is 1. The van der Waals surface area contributed by atoms with Gasteiger partial charge < -0.3 is 5.11 Å². The predicted molar refractivity (Wildman–Crippen MR) is 53.2 cm³/mol. The minimum atomic E-state index is -0.870. The third-order valence-electron chi connectivity index (χ3n) is 1.82. The van der Waals surface area contributed by atoms with Gasteiger partial charge in [-0.25, -0.2) is 4.79 Å². The molecule has 0 spiro atoms. The fourth-order valence-corrected chi connectivity index (χ4v) is 1.01. The molecule has 0 atom stereocenters. The van der Waals surface area contributed by atoms with Gasteiger partial charge in [0, 0.05) is 23.1 Å². The molecule has 66 valence electrons. The standard InChI is InChI=1S/C10H12O2.Mg/c1-7(2)8-3-5-9(6-4-8)10(11)12;/h3-7H,1-2H3,(H,11,12);. The van der Waals surface area contributed by atoms with E-state index >= 15 is 0 Å². The summed E-state index contributed by atoms with van der Waals surface area (Å²) in [5.74, 6) is -0.418. The van der Waals surface area contributed by atoms with Gasteiger partial charge in [-0.15, -0.1) is 0 Å². The summed E-state index contributed by atoms with van der Waals surface area (Å²) in [5.41, 5.74) is 1.51. The van der Waals surface area contributed by atoms with E-state index in [4.69, 9.17) is 5.11 Å². The smallest absolute Gasteiger partial charge is 0.335 e. The Morgan fingerprint density at radius 2 is 1.69 bits per heavy atom. The zero-order valence-corrected chi connectivity index (χ0v) is 9.36. The van der Waals surface area contributed by atoms with Gasteiger partial charge in [0.05, 0.1) is 5.56 Å². The first-order chi connectivity index (χ1) is 5.61. The second-order valence-corrected chi connectivity index (χ2v) is 3.08. The molecule has 0 aliphatic heterocycles. The van der Waals surface area contributed by atoms with Crippen molar-refractivity contribution in [2.75, 3.05) is 0 Å². The summed E-state index contributed by atoms with van der Waals surface area (Å²) in [6.07, 6.45) is 0. The first kappa shape index (κ1) is 12.5. The van der Waals surface area contributed by atoms with Crippen LogP contribution >= 0.6 is 0 Å². The van der Waals surface area contributed by atoms with Crippen LogP contribution in [-0.2, 0) is 0 Å². The van der Waals surface area contributed by atoms with Crippen LogP contribution < -0.4 is 0 Å². The van der Waals surface area contributed by atoms with Crippen molar-refractivity contribution in [1.82, 2.24) is 0 Å². The molecule has 1 aromatic carbocycles. The molecule has 0 heterocycles. The normalized spacial score (nSPS) is 9.46. The van der Waals surface area contributed by atoms with E-state index in [9.17, 15) is 4.79 Å². The molecule has 2 radical (unpaired) electrons. The molecule has 0 fully saturated rings. The molecule has 1 N–H and O–H groups in total. The molecule has 0 unspecified atom stereocenters. The highest BCUT2D eigenvalue weighted by molar-refractivity contribution is 5.87. The van der Waals surface area contributed by atoms with E-state index in [0.717, 1.165) is 0 Å². The minimum Gasteiger partial charge on any atom is -0.478 e. The first-order valence-corrected chi connectivity index (χ1v) is 3.94. The number of benzene rings is 1. The van der Waals surface area contributed by atoms with Gasteiger partial charge in [-0.2, -0.15) is 0 Å². The Balaban J connectivity index is 0.00000144. The summed E-state index contributed by atoms with van der Waals surface area (Å²) in [4.78, 5) is 10.5. The van der Waals surface area contributed by atoms with Crippen LogP contribution in [-0.4, -0.2) is 34.1 Å². The summed E-state index contributed by atoms with van der Waals surface area (Å²) >= 11 is 0. The first-order valence-electron chi connectivity index (χ1n) is 3.94. The van der Waals surface area contributed by atoms with Crippen LogP contribution in [0.1, 0.15) is 35.7 Å². The Hall–Kier alpha value is -0.544. The number of aromatic carboxylic acids is 1. The van der Waals surface area contributed by atoms with Crippen molar-refractivity contribution < 1.29 is 9.90 Å². The fourth-order valence-electron chi connectivity index (χ4n) is 1.01. The monoisotopic (exact) mass is 188 g/mol. The van der Waals surface area contributed by atoms with E-state index < -0.39 is 5.97 Å². The van der Waals surface area contributed by atoms with Crippen LogP contribution in [0.4, 0.5) is 0 Å². The molecule has 0 amide bonds. The average Bonchev–Trinajstić information content (AvgIpc) is 2.04. The van der Waals surface area contributed by atoms with E-state index in [0.29, 0.717) is 11.5 Å². The average molecular weight is 189 g/mol. The number of rotatable bonds is 2. The molecular weight excluding hydrogens is 176 g/mol.